The van der Waals surface area contributed by atoms with E-state index in [0.717, 1.165) is 6.42 Å². The van der Waals surface area contributed by atoms with Crippen molar-refractivity contribution in [3.8, 4) is 0 Å². The Balaban J connectivity index is 2.09. The van der Waals surface area contributed by atoms with Gasteiger partial charge in [0.25, 0.3) is 0 Å². The summed E-state index contributed by atoms with van der Waals surface area (Å²) in [4.78, 5) is 12.9. The summed E-state index contributed by atoms with van der Waals surface area (Å²) < 4.78 is 0. The standard InChI is InChI=1S/C8H13NO3/c10-6-3-5-1-2-8(12)9(5)4-7(6)11/h5-7,10-11H,1-4H2/t5-,6+,7-/m1/s1. The molecule has 0 aromatic rings. The topological polar surface area (TPSA) is 60.8 Å². The average Bonchev–Trinajstić information content (AvgIpc) is 2.35. The van der Waals surface area contributed by atoms with Gasteiger partial charge in [-0.05, 0) is 12.8 Å². The molecule has 1 amide bonds. The Kier molecular flexibility index (Phi) is 1.81. The lowest BCUT2D eigenvalue weighted by Gasteiger charge is -2.35. The van der Waals surface area contributed by atoms with Crippen LogP contribution in [-0.4, -0.2) is 45.8 Å². The van der Waals surface area contributed by atoms with Gasteiger partial charge in [0.05, 0.1) is 12.2 Å². The zero-order valence-corrected chi connectivity index (χ0v) is 6.81. The minimum Gasteiger partial charge on any atom is -0.390 e. The molecule has 2 N–H and O–H groups in total. The largest absolute Gasteiger partial charge is 0.390 e. The SMILES string of the molecule is O=C1CC[C@@H]2C[C@H](O)[C@H](O)CN12. The van der Waals surface area contributed by atoms with E-state index in [1.54, 1.807) is 4.90 Å². The van der Waals surface area contributed by atoms with Crippen LogP contribution in [0.15, 0.2) is 0 Å². The molecule has 0 spiro atoms. The highest BCUT2D eigenvalue weighted by Crippen LogP contribution is 2.27. The van der Waals surface area contributed by atoms with Crippen LogP contribution < -0.4 is 0 Å². The summed E-state index contributed by atoms with van der Waals surface area (Å²) in [5.41, 5.74) is 0. The zero-order chi connectivity index (χ0) is 8.72. The van der Waals surface area contributed by atoms with E-state index in [4.69, 9.17) is 0 Å². The normalized spacial score (nSPS) is 41.7. The van der Waals surface area contributed by atoms with Crippen LogP contribution in [0.3, 0.4) is 0 Å². The van der Waals surface area contributed by atoms with Crippen molar-refractivity contribution < 1.29 is 15.0 Å². The van der Waals surface area contributed by atoms with Crippen LogP contribution in [0.25, 0.3) is 0 Å². The zero-order valence-electron chi connectivity index (χ0n) is 6.81. The fourth-order valence-electron chi connectivity index (χ4n) is 2.05. The molecule has 3 atom stereocenters. The highest BCUT2D eigenvalue weighted by Gasteiger charge is 2.39. The Morgan fingerprint density at radius 1 is 1.33 bits per heavy atom. The Labute approximate surface area is 70.8 Å². The summed E-state index contributed by atoms with van der Waals surface area (Å²) in [5, 5.41) is 18.6. The number of piperidine rings is 1. The van der Waals surface area contributed by atoms with E-state index in [0.29, 0.717) is 19.4 Å². The first-order valence-electron chi connectivity index (χ1n) is 4.34. The van der Waals surface area contributed by atoms with Crippen molar-refractivity contribution >= 4 is 5.91 Å². The van der Waals surface area contributed by atoms with E-state index < -0.39 is 12.2 Å². The first-order valence-corrected chi connectivity index (χ1v) is 4.34. The number of carbonyl (C=O) groups is 1. The van der Waals surface area contributed by atoms with Crippen molar-refractivity contribution in [3.05, 3.63) is 0 Å². The van der Waals surface area contributed by atoms with Crippen LogP contribution in [0.1, 0.15) is 19.3 Å². The van der Waals surface area contributed by atoms with Gasteiger partial charge in [0, 0.05) is 19.0 Å². The Bertz CT molecular complexity index is 206. The third kappa shape index (κ3) is 1.11. The Morgan fingerprint density at radius 3 is 2.83 bits per heavy atom. The summed E-state index contributed by atoms with van der Waals surface area (Å²) in [6.45, 7) is 0.310. The molecule has 0 radical (unpaired) electrons. The molecule has 2 aliphatic rings. The summed E-state index contributed by atoms with van der Waals surface area (Å²) in [6, 6.07) is 0.177. The second kappa shape index (κ2) is 2.71. The van der Waals surface area contributed by atoms with Gasteiger partial charge in [-0.3, -0.25) is 4.79 Å². The third-order valence-corrected chi connectivity index (χ3v) is 2.79. The van der Waals surface area contributed by atoms with Crippen LogP contribution >= 0.6 is 0 Å². The highest BCUT2D eigenvalue weighted by molar-refractivity contribution is 5.79. The Morgan fingerprint density at radius 2 is 2.08 bits per heavy atom. The van der Waals surface area contributed by atoms with Gasteiger partial charge in [-0.2, -0.15) is 0 Å². The van der Waals surface area contributed by atoms with E-state index >= 15 is 0 Å². The van der Waals surface area contributed by atoms with E-state index in [-0.39, 0.29) is 11.9 Å². The molecule has 0 aliphatic carbocycles. The van der Waals surface area contributed by atoms with Gasteiger partial charge in [-0.1, -0.05) is 0 Å². The van der Waals surface area contributed by atoms with Crippen molar-refractivity contribution in [2.75, 3.05) is 6.54 Å². The van der Waals surface area contributed by atoms with Crippen LogP contribution in [0, 0.1) is 0 Å². The maximum absolute atomic E-state index is 11.2. The lowest BCUT2D eigenvalue weighted by atomic mass is 9.98. The molecule has 68 valence electrons. The molecule has 0 bridgehead atoms. The van der Waals surface area contributed by atoms with Gasteiger partial charge in [-0.25, -0.2) is 0 Å². The van der Waals surface area contributed by atoms with Gasteiger partial charge < -0.3 is 15.1 Å². The summed E-state index contributed by atoms with van der Waals surface area (Å²) in [5.74, 6) is 0.117. The molecule has 2 fully saturated rings. The van der Waals surface area contributed by atoms with Crippen molar-refractivity contribution in [2.24, 2.45) is 0 Å². The van der Waals surface area contributed by atoms with E-state index in [1.165, 1.54) is 0 Å². The average molecular weight is 171 g/mol. The van der Waals surface area contributed by atoms with E-state index in [9.17, 15) is 15.0 Å². The number of aliphatic hydroxyl groups is 2. The summed E-state index contributed by atoms with van der Waals surface area (Å²) in [7, 11) is 0. The van der Waals surface area contributed by atoms with Crippen LogP contribution in [0.2, 0.25) is 0 Å². The summed E-state index contributed by atoms with van der Waals surface area (Å²) >= 11 is 0. The highest BCUT2D eigenvalue weighted by atomic mass is 16.3. The molecule has 0 unspecified atom stereocenters. The number of nitrogens with zero attached hydrogens (tertiary/aromatic N) is 1. The predicted molar refractivity (Wildman–Crippen MR) is 41.4 cm³/mol. The molecule has 12 heavy (non-hydrogen) atoms. The fraction of sp³-hybridized carbons (Fsp3) is 0.875. The number of aliphatic hydroxyl groups excluding tert-OH is 2. The molecule has 4 nitrogen and oxygen atoms in total. The number of rotatable bonds is 0. The molecular weight excluding hydrogens is 158 g/mol. The van der Waals surface area contributed by atoms with Crippen LogP contribution in [0.4, 0.5) is 0 Å². The molecular formula is C8H13NO3. The monoisotopic (exact) mass is 171 g/mol. The number of fused-ring (bicyclic) bond motifs is 1. The fourth-order valence-corrected chi connectivity index (χ4v) is 2.05. The lowest BCUT2D eigenvalue weighted by Crippen LogP contribution is -2.50. The maximum atomic E-state index is 11.2. The van der Waals surface area contributed by atoms with E-state index in [2.05, 4.69) is 0 Å². The van der Waals surface area contributed by atoms with E-state index in [1.807, 2.05) is 0 Å². The van der Waals surface area contributed by atoms with Crippen LogP contribution in [-0.2, 0) is 4.79 Å². The third-order valence-electron chi connectivity index (χ3n) is 2.79. The van der Waals surface area contributed by atoms with Gasteiger partial charge in [0.15, 0.2) is 0 Å². The second-order valence-corrected chi connectivity index (χ2v) is 3.61. The minimum absolute atomic E-state index is 0.117. The predicted octanol–water partition coefficient (Wildman–Crippen LogP) is -0.897. The second-order valence-electron chi connectivity index (χ2n) is 3.61. The maximum Gasteiger partial charge on any atom is 0.222 e. The Hall–Kier alpha value is -0.610. The number of hydrogen-bond donors (Lipinski definition) is 2. The molecule has 0 aromatic carbocycles. The number of amides is 1. The molecule has 0 saturated carbocycles. The van der Waals surface area contributed by atoms with Crippen LogP contribution in [0.5, 0.6) is 0 Å². The minimum atomic E-state index is -0.747. The molecule has 2 rings (SSSR count). The molecule has 2 aliphatic heterocycles. The number of hydrogen-bond acceptors (Lipinski definition) is 3. The van der Waals surface area contributed by atoms with Gasteiger partial charge in [0.1, 0.15) is 0 Å². The smallest absolute Gasteiger partial charge is 0.222 e. The van der Waals surface area contributed by atoms with Crippen molar-refractivity contribution in [3.63, 3.8) is 0 Å². The molecule has 2 heterocycles. The van der Waals surface area contributed by atoms with Crippen molar-refractivity contribution in [1.29, 1.82) is 0 Å². The lowest BCUT2D eigenvalue weighted by molar-refractivity contribution is -0.135. The summed E-state index contributed by atoms with van der Waals surface area (Å²) in [6.07, 6.45) is 0.556. The number of carbonyl (C=O) groups excluding carboxylic acids is 1. The van der Waals surface area contributed by atoms with Crippen molar-refractivity contribution in [2.45, 2.75) is 37.5 Å². The van der Waals surface area contributed by atoms with Crippen molar-refractivity contribution in [1.82, 2.24) is 4.90 Å². The van der Waals surface area contributed by atoms with Gasteiger partial charge >= 0.3 is 0 Å². The quantitative estimate of drug-likeness (QED) is 0.496. The van der Waals surface area contributed by atoms with Gasteiger partial charge in [0.2, 0.25) is 5.91 Å². The molecule has 0 aromatic heterocycles. The first-order chi connectivity index (χ1) is 5.68. The van der Waals surface area contributed by atoms with Gasteiger partial charge in [-0.15, -0.1) is 0 Å². The molecule has 2 saturated heterocycles. The molecule has 4 heteroatoms. The first kappa shape index (κ1) is 8.01.